The number of allylic oxidation sites excluding steroid dienone is 2. The zero-order valence-corrected chi connectivity index (χ0v) is 11.8. The quantitative estimate of drug-likeness (QED) is 0.756. The highest BCUT2D eigenvalue weighted by atomic mass is 15.3. The molecule has 2 atom stereocenters. The Kier molecular flexibility index (Phi) is 3.76. The van der Waals surface area contributed by atoms with Gasteiger partial charge < -0.3 is 5.32 Å². The van der Waals surface area contributed by atoms with Crippen molar-refractivity contribution < 1.29 is 0 Å². The van der Waals surface area contributed by atoms with E-state index in [1.165, 1.54) is 64.6 Å². The topological polar surface area (TPSA) is 15.3 Å². The van der Waals surface area contributed by atoms with Crippen molar-refractivity contribution in [2.24, 2.45) is 5.92 Å². The molecule has 0 amide bonds. The summed E-state index contributed by atoms with van der Waals surface area (Å²) < 4.78 is 0. The molecule has 1 heterocycles. The van der Waals surface area contributed by atoms with E-state index in [0.717, 1.165) is 12.0 Å². The highest BCUT2D eigenvalue weighted by Gasteiger charge is 2.40. The molecule has 2 fully saturated rings. The van der Waals surface area contributed by atoms with Crippen molar-refractivity contribution in [2.75, 3.05) is 19.6 Å². The van der Waals surface area contributed by atoms with Gasteiger partial charge in [0.05, 0.1) is 0 Å². The van der Waals surface area contributed by atoms with Gasteiger partial charge in [0.15, 0.2) is 0 Å². The Labute approximate surface area is 112 Å². The summed E-state index contributed by atoms with van der Waals surface area (Å²) in [6, 6.07) is 0.724. The molecule has 1 saturated carbocycles. The number of nitrogens with zero attached hydrogens (tertiary/aromatic N) is 1. The molecular formula is C16H28N2. The van der Waals surface area contributed by atoms with E-state index in [2.05, 4.69) is 29.3 Å². The van der Waals surface area contributed by atoms with E-state index < -0.39 is 0 Å². The van der Waals surface area contributed by atoms with Gasteiger partial charge >= 0.3 is 0 Å². The Hall–Kier alpha value is -0.340. The van der Waals surface area contributed by atoms with Crippen LogP contribution in [0.25, 0.3) is 0 Å². The van der Waals surface area contributed by atoms with Crippen LogP contribution in [0.5, 0.6) is 0 Å². The van der Waals surface area contributed by atoms with E-state index in [0.29, 0.717) is 5.54 Å². The van der Waals surface area contributed by atoms with Gasteiger partial charge in [0.1, 0.15) is 0 Å². The van der Waals surface area contributed by atoms with Crippen LogP contribution in [0.15, 0.2) is 12.2 Å². The average molecular weight is 248 g/mol. The maximum absolute atomic E-state index is 3.86. The molecule has 2 aliphatic carbocycles. The first-order chi connectivity index (χ1) is 8.77. The lowest BCUT2D eigenvalue weighted by molar-refractivity contribution is 0.0727. The van der Waals surface area contributed by atoms with E-state index in [1.807, 2.05) is 0 Å². The maximum Gasteiger partial charge on any atom is 0.0309 e. The van der Waals surface area contributed by atoms with E-state index in [9.17, 15) is 0 Å². The molecule has 2 heteroatoms. The van der Waals surface area contributed by atoms with Crippen LogP contribution in [0.3, 0.4) is 0 Å². The maximum atomic E-state index is 3.86. The zero-order chi connectivity index (χ0) is 12.4. The molecule has 1 spiro atoms. The highest BCUT2D eigenvalue weighted by molar-refractivity contribution is 5.01. The molecule has 102 valence electrons. The molecule has 1 aliphatic heterocycles. The van der Waals surface area contributed by atoms with Gasteiger partial charge in [-0.15, -0.1) is 0 Å². The van der Waals surface area contributed by atoms with Crippen molar-refractivity contribution >= 4 is 0 Å². The van der Waals surface area contributed by atoms with E-state index in [-0.39, 0.29) is 0 Å². The van der Waals surface area contributed by atoms with Crippen molar-refractivity contribution in [2.45, 2.75) is 63.5 Å². The third kappa shape index (κ3) is 2.65. The van der Waals surface area contributed by atoms with E-state index >= 15 is 0 Å². The van der Waals surface area contributed by atoms with Crippen LogP contribution in [-0.4, -0.2) is 36.1 Å². The van der Waals surface area contributed by atoms with Gasteiger partial charge in [-0.3, -0.25) is 4.90 Å². The summed E-state index contributed by atoms with van der Waals surface area (Å²) in [5.74, 6) is 0.911. The van der Waals surface area contributed by atoms with E-state index in [1.54, 1.807) is 0 Å². The van der Waals surface area contributed by atoms with Gasteiger partial charge in [0.25, 0.3) is 0 Å². The molecule has 0 aromatic heterocycles. The van der Waals surface area contributed by atoms with Gasteiger partial charge in [-0.2, -0.15) is 0 Å². The third-order valence-corrected chi connectivity index (χ3v) is 5.33. The second-order valence-corrected chi connectivity index (χ2v) is 6.80. The lowest BCUT2D eigenvalue weighted by Gasteiger charge is -2.46. The second-order valence-electron chi connectivity index (χ2n) is 6.80. The van der Waals surface area contributed by atoms with Gasteiger partial charge in [-0.05, 0) is 44.9 Å². The Morgan fingerprint density at radius 3 is 2.83 bits per heavy atom. The molecule has 0 aromatic rings. The van der Waals surface area contributed by atoms with Crippen LogP contribution in [0, 0.1) is 5.92 Å². The third-order valence-electron chi connectivity index (χ3n) is 5.33. The standard InChI is InChI=1S/C16H28N2/c1-14-11-17-16(9-5-6-10-16)13-18(14)12-15-7-3-2-4-8-15/h2-3,14-15,17H,4-13H2,1H3. The summed E-state index contributed by atoms with van der Waals surface area (Å²) in [7, 11) is 0. The molecule has 0 aromatic carbocycles. The molecule has 1 N–H and O–H groups in total. The van der Waals surface area contributed by atoms with Crippen molar-refractivity contribution in [3.05, 3.63) is 12.2 Å². The fraction of sp³-hybridized carbons (Fsp3) is 0.875. The molecule has 1 saturated heterocycles. The minimum Gasteiger partial charge on any atom is -0.308 e. The number of hydrogen-bond donors (Lipinski definition) is 1. The van der Waals surface area contributed by atoms with Crippen molar-refractivity contribution in [1.29, 1.82) is 0 Å². The number of hydrogen-bond acceptors (Lipinski definition) is 2. The Bertz CT molecular complexity index is 304. The molecule has 0 radical (unpaired) electrons. The first kappa shape index (κ1) is 12.7. The monoisotopic (exact) mass is 248 g/mol. The summed E-state index contributed by atoms with van der Waals surface area (Å²) in [5.41, 5.74) is 0.483. The minimum atomic E-state index is 0.483. The molecule has 18 heavy (non-hydrogen) atoms. The van der Waals surface area contributed by atoms with Gasteiger partial charge in [-0.25, -0.2) is 0 Å². The predicted molar refractivity (Wildman–Crippen MR) is 76.7 cm³/mol. The van der Waals surface area contributed by atoms with Crippen LogP contribution in [0.1, 0.15) is 51.9 Å². The minimum absolute atomic E-state index is 0.483. The van der Waals surface area contributed by atoms with Crippen LogP contribution in [0.2, 0.25) is 0 Å². The normalized spacial score (nSPS) is 36.3. The van der Waals surface area contributed by atoms with Crippen molar-refractivity contribution in [1.82, 2.24) is 10.2 Å². The average Bonchev–Trinajstić information content (AvgIpc) is 2.84. The fourth-order valence-electron chi connectivity index (χ4n) is 4.08. The van der Waals surface area contributed by atoms with Crippen LogP contribution in [-0.2, 0) is 0 Å². The second kappa shape index (κ2) is 5.34. The smallest absolute Gasteiger partial charge is 0.0309 e. The summed E-state index contributed by atoms with van der Waals surface area (Å²) in [4.78, 5) is 2.78. The summed E-state index contributed by atoms with van der Waals surface area (Å²) >= 11 is 0. The van der Waals surface area contributed by atoms with Crippen LogP contribution >= 0.6 is 0 Å². The van der Waals surface area contributed by atoms with Gasteiger partial charge in [-0.1, -0.05) is 25.0 Å². The Balaban J connectivity index is 1.60. The molecule has 3 aliphatic rings. The van der Waals surface area contributed by atoms with Crippen molar-refractivity contribution in [3.63, 3.8) is 0 Å². The number of rotatable bonds is 2. The predicted octanol–water partition coefficient (Wildman–Crippen LogP) is 2.95. The first-order valence-corrected chi connectivity index (χ1v) is 7.92. The lowest BCUT2D eigenvalue weighted by atomic mass is 9.89. The summed E-state index contributed by atoms with van der Waals surface area (Å²) in [6.45, 7) is 6.22. The Morgan fingerprint density at radius 2 is 2.11 bits per heavy atom. The molecule has 2 nitrogen and oxygen atoms in total. The van der Waals surface area contributed by atoms with E-state index in [4.69, 9.17) is 0 Å². The fourth-order valence-corrected chi connectivity index (χ4v) is 4.08. The van der Waals surface area contributed by atoms with Crippen LogP contribution in [0.4, 0.5) is 0 Å². The number of nitrogens with one attached hydrogen (secondary N) is 1. The molecule has 2 unspecified atom stereocenters. The molecular weight excluding hydrogens is 220 g/mol. The summed E-state index contributed by atoms with van der Waals surface area (Å²) in [5, 5.41) is 3.86. The summed E-state index contributed by atoms with van der Waals surface area (Å²) in [6.07, 6.45) is 14.4. The zero-order valence-electron chi connectivity index (χ0n) is 11.8. The van der Waals surface area contributed by atoms with Crippen LogP contribution < -0.4 is 5.32 Å². The SMILES string of the molecule is CC1CNC2(CCCC2)CN1CC1CC=CCC1. The number of piperazine rings is 1. The van der Waals surface area contributed by atoms with Crippen molar-refractivity contribution in [3.8, 4) is 0 Å². The first-order valence-electron chi connectivity index (χ1n) is 7.92. The highest BCUT2D eigenvalue weighted by Crippen LogP contribution is 2.34. The largest absolute Gasteiger partial charge is 0.308 e. The Morgan fingerprint density at radius 1 is 1.28 bits per heavy atom. The molecule has 3 rings (SSSR count). The van der Waals surface area contributed by atoms with Gasteiger partial charge in [0, 0.05) is 31.2 Å². The molecule has 0 bridgehead atoms. The van der Waals surface area contributed by atoms with Gasteiger partial charge in [0.2, 0.25) is 0 Å². The lowest BCUT2D eigenvalue weighted by Crippen LogP contribution is -2.63.